The third kappa shape index (κ3) is 4.23. The van der Waals surface area contributed by atoms with Crippen LogP contribution in [0.3, 0.4) is 0 Å². The highest BCUT2D eigenvalue weighted by atomic mass is 79.9. The van der Waals surface area contributed by atoms with Crippen LogP contribution in [0.25, 0.3) is 0 Å². The molecule has 0 fully saturated rings. The monoisotopic (exact) mass is 355 g/mol. The number of hydrogen-bond donors (Lipinski definition) is 3. The van der Waals surface area contributed by atoms with Gasteiger partial charge in [0.2, 0.25) is 10.0 Å². The van der Waals surface area contributed by atoms with Crippen molar-refractivity contribution in [1.82, 2.24) is 4.72 Å². The first-order chi connectivity index (χ1) is 8.36. The van der Waals surface area contributed by atoms with Gasteiger partial charge in [0.1, 0.15) is 5.84 Å². The Balaban J connectivity index is 2.58. The van der Waals surface area contributed by atoms with E-state index in [1.54, 1.807) is 13.0 Å². The Labute approximate surface area is 118 Å². The molecule has 0 aliphatic rings. The molecule has 1 aromatic rings. The molecule has 102 valence electrons. The summed E-state index contributed by atoms with van der Waals surface area (Å²) in [6.07, 6.45) is 0.810. The lowest BCUT2D eigenvalue weighted by Crippen LogP contribution is -2.26. The maximum Gasteiger partial charge on any atom is 0.241 e. The second kappa shape index (κ2) is 6.50. The lowest BCUT2D eigenvalue weighted by molar-refractivity contribution is 0.316. The molecule has 0 radical (unpaired) electrons. The Morgan fingerprint density at radius 2 is 2.33 bits per heavy atom. The Morgan fingerprint density at radius 3 is 2.83 bits per heavy atom. The van der Waals surface area contributed by atoms with E-state index in [0.29, 0.717) is 12.8 Å². The average Bonchev–Trinajstić information content (AvgIpc) is 2.64. The van der Waals surface area contributed by atoms with E-state index >= 15 is 0 Å². The fourth-order valence-corrected chi connectivity index (χ4v) is 4.79. The molecule has 9 heteroatoms. The van der Waals surface area contributed by atoms with E-state index in [4.69, 9.17) is 10.9 Å². The minimum atomic E-state index is -3.49. The quantitative estimate of drug-likeness (QED) is 0.237. The van der Waals surface area contributed by atoms with Crippen molar-refractivity contribution >= 4 is 43.1 Å². The summed E-state index contributed by atoms with van der Waals surface area (Å²) in [7, 11) is -3.49. The normalized spacial score (nSPS) is 12.9. The van der Waals surface area contributed by atoms with Crippen LogP contribution < -0.4 is 10.5 Å². The number of halogens is 1. The largest absolute Gasteiger partial charge is 0.409 e. The summed E-state index contributed by atoms with van der Waals surface area (Å²) in [5, 5.41) is 11.1. The molecule has 1 heterocycles. The molecule has 0 aromatic carbocycles. The molecule has 0 saturated carbocycles. The number of rotatable bonds is 6. The maximum atomic E-state index is 11.9. The van der Waals surface area contributed by atoms with Crippen LogP contribution in [0.4, 0.5) is 0 Å². The van der Waals surface area contributed by atoms with Crippen molar-refractivity contribution < 1.29 is 13.6 Å². The van der Waals surface area contributed by atoms with Crippen molar-refractivity contribution in [2.45, 2.75) is 24.7 Å². The number of nitrogens with one attached hydrogen (secondary N) is 1. The second-order valence-electron chi connectivity index (χ2n) is 3.56. The van der Waals surface area contributed by atoms with Gasteiger partial charge in [0.25, 0.3) is 0 Å². The Hall–Kier alpha value is -0.640. The molecule has 0 aliphatic carbocycles. The van der Waals surface area contributed by atoms with Crippen molar-refractivity contribution in [1.29, 1.82) is 0 Å². The van der Waals surface area contributed by atoms with Gasteiger partial charge in [-0.15, -0.1) is 11.3 Å². The van der Waals surface area contributed by atoms with Gasteiger partial charge in [-0.3, -0.25) is 0 Å². The van der Waals surface area contributed by atoms with Gasteiger partial charge in [0.05, 0.1) is 8.68 Å². The molecule has 18 heavy (non-hydrogen) atoms. The molecule has 1 rings (SSSR count). The smallest absolute Gasteiger partial charge is 0.241 e. The molecule has 0 unspecified atom stereocenters. The first kappa shape index (κ1) is 15.4. The number of thiophene rings is 1. The number of hydrogen-bond acceptors (Lipinski definition) is 5. The molecule has 0 atom stereocenters. The molecule has 4 N–H and O–H groups in total. The maximum absolute atomic E-state index is 11.9. The molecular weight excluding hydrogens is 342 g/mol. The summed E-state index contributed by atoms with van der Waals surface area (Å²) in [5.41, 5.74) is 5.28. The van der Waals surface area contributed by atoms with Crippen molar-refractivity contribution in [3.05, 3.63) is 14.7 Å². The van der Waals surface area contributed by atoms with Crippen molar-refractivity contribution in [2.75, 3.05) is 6.54 Å². The summed E-state index contributed by atoms with van der Waals surface area (Å²) < 4.78 is 27.1. The van der Waals surface area contributed by atoms with Gasteiger partial charge >= 0.3 is 0 Å². The highest BCUT2D eigenvalue weighted by molar-refractivity contribution is 9.11. The highest BCUT2D eigenvalue weighted by Crippen LogP contribution is 2.29. The molecule has 1 aromatic heterocycles. The number of sulfonamides is 1. The standard InChI is InChI=1S/C9H14BrN3O3S2/c1-6-7(5-8(10)17-6)18(15,16)12-4-2-3-9(11)13-14/h5,12,14H,2-4H2,1H3,(H2,11,13). The summed E-state index contributed by atoms with van der Waals surface area (Å²) in [5.74, 6) is 0.0867. The Kier molecular flexibility index (Phi) is 5.57. The minimum absolute atomic E-state index is 0.0867. The first-order valence-corrected chi connectivity index (χ1v) is 8.18. The van der Waals surface area contributed by atoms with E-state index in [1.807, 2.05) is 0 Å². The van der Waals surface area contributed by atoms with E-state index in [2.05, 4.69) is 25.8 Å². The number of nitrogens with two attached hydrogens (primary N) is 1. The third-order valence-electron chi connectivity index (χ3n) is 2.16. The number of aryl methyl sites for hydroxylation is 1. The van der Waals surface area contributed by atoms with Crippen LogP contribution in [-0.2, 0) is 10.0 Å². The van der Waals surface area contributed by atoms with E-state index in [1.165, 1.54) is 11.3 Å². The van der Waals surface area contributed by atoms with Gasteiger partial charge in [0, 0.05) is 17.8 Å². The van der Waals surface area contributed by atoms with Crippen LogP contribution in [0.5, 0.6) is 0 Å². The molecular formula is C9H14BrN3O3S2. The minimum Gasteiger partial charge on any atom is -0.409 e. The molecule has 0 saturated heterocycles. The van der Waals surface area contributed by atoms with Gasteiger partial charge in [-0.25, -0.2) is 13.1 Å². The van der Waals surface area contributed by atoms with Crippen molar-refractivity contribution in [3.63, 3.8) is 0 Å². The van der Waals surface area contributed by atoms with Crippen LogP contribution in [-0.4, -0.2) is 26.0 Å². The summed E-state index contributed by atoms with van der Waals surface area (Å²) in [6, 6.07) is 1.58. The van der Waals surface area contributed by atoms with Gasteiger partial charge in [-0.2, -0.15) is 0 Å². The fraction of sp³-hybridized carbons (Fsp3) is 0.444. The van der Waals surface area contributed by atoms with Gasteiger partial charge in [0.15, 0.2) is 0 Å². The van der Waals surface area contributed by atoms with Crippen molar-refractivity contribution in [2.24, 2.45) is 10.9 Å². The van der Waals surface area contributed by atoms with Crippen LogP contribution >= 0.6 is 27.3 Å². The second-order valence-corrected chi connectivity index (χ2v) is 7.93. The third-order valence-corrected chi connectivity index (χ3v) is 5.43. The fourth-order valence-electron chi connectivity index (χ4n) is 1.30. The summed E-state index contributed by atoms with van der Waals surface area (Å²) >= 11 is 4.62. The first-order valence-electron chi connectivity index (χ1n) is 5.09. The predicted octanol–water partition coefficient (Wildman–Crippen LogP) is 1.62. The topological polar surface area (TPSA) is 105 Å². The van der Waals surface area contributed by atoms with Crippen LogP contribution in [0, 0.1) is 6.92 Å². The molecule has 0 aliphatic heterocycles. The molecule has 0 bridgehead atoms. The van der Waals surface area contributed by atoms with E-state index in [9.17, 15) is 8.42 Å². The molecule has 0 amide bonds. The van der Waals surface area contributed by atoms with Crippen LogP contribution in [0.2, 0.25) is 0 Å². The SMILES string of the molecule is Cc1sc(Br)cc1S(=O)(=O)NCCCC(N)=NO. The van der Waals surface area contributed by atoms with Gasteiger partial charge in [-0.05, 0) is 35.3 Å². The molecule has 6 nitrogen and oxygen atoms in total. The molecule has 0 spiro atoms. The Bertz CT molecular complexity index is 539. The number of nitrogens with zero attached hydrogens (tertiary/aromatic N) is 1. The van der Waals surface area contributed by atoms with E-state index in [-0.39, 0.29) is 17.3 Å². The summed E-state index contributed by atoms with van der Waals surface area (Å²) in [6.45, 7) is 1.99. The number of amidine groups is 1. The zero-order valence-electron chi connectivity index (χ0n) is 9.68. The van der Waals surface area contributed by atoms with Gasteiger partial charge in [-0.1, -0.05) is 5.16 Å². The van der Waals surface area contributed by atoms with Crippen LogP contribution in [0.1, 0.15) is 17.7 Å². The van der Waals surface area contributed by atoms with Gasteiger partial charge < -0.3 is 10.9 Å². The summed E-state index contributed by atoms with van der Waals surface area (Å²) in [4.78, 5) is 1.01. The Morgan fingerprint density at radius 1 is 1.67 bits per heavy atom. The average molecular weight is 356 g/mol. The number of oxime groups is 1. The predicted molar refractivity (Wildman–Crippen MR) is 74.6 cm³/mol. The van der Waals surface area contributed by atoms with Crippen molar-refractivity contribution in [3.8, 4) is 0 Å². The zero-order valence-corrected chi connectivity index (χ0v) is 12.9. The van der Waals surface area contributed by atoms with Crippen LogP contribution in [0.15, 0.2) is 19.9 Å². The zero-order chi connectivity index (χ0) is 13.8. The van der Waals surface area contributed by atoms with E-state index in [0.717, 1.165) is 8.66 Å². The highest BCUT2D eigenvalue weighted by Gasteiger charge is 2.18. The lowest BCUT2D eigenvalue weighted by Gasteiger charge is -2.05. The lowest BCUT2D eigenvalue weighted by atomic mass is 10.3. The van der Waals surface area contributed by atoms with E-state index < -0.39 is 10.0 Å².